The lowest BCUT2D eigenvalue weighted by Crippen LogP contribution is -2.40. The SMILES string of the molecule is CN=C(NCCCS(=O)(=O)Cc1ccccc1)N1CCC(c2cnn(C)c2)C1. The number of aromatic nitrogens is 2. The fourth-order valence-corrected chi connectivity index (χ4v) is 5.03. The van der Waals surface area contributed by atoms with Crippen molar-refractivity contribution in [3.8, 4) is 0 Å². The first-order valence-corrected chi connectivity index (χ1v) is 11.5. The van der Waals surface area contributed by atoms with Crippen molar-refractivity contribution in [3.63, 3.8) is 0 Å². The van der Waals surface area contributed by atoms with Crippen LogP contribution in [0.2, 0.25) is 0 Å². The molecule has 7 nitrogen and oxygen atoms in total. The maximum atomic E-state index is 12.3. The first-order valence-electron chi connectivity index (χ1n) is 9.65. The van der Waals surface area contributed by atoms with Gasteiger partial charge in [0, 0.05) is 45.8 Å². The van der Waals surface area contributed by atoms with Gasteiger partial charge in [0.15, 0.2) is 15.8 Å². The number of nitrogens with one attached hydrogen (secondary N) is 1. The van der Waals surface area contributed by atoms with Gasteiger partial charge in [-0.25, -0.2) is 8.42 Å². The van der Waals surface area contributed by atoms with Gasteiger partial charge in [0.1, 0.15) is 0 Å². The first kappa shape index (κ1) is 20.4. The minimum absolute atomic E-state index is 0.0987. The van der Waals surface area contributed by atoms with Gasteiger partial charge in [0.05, 0.1) is 17.7 Å². The number of aliphatic imine (C=N–C) groups is 1. The third kappa shape index (κ3) is 5.58. The summed E-state index contributed by atoms with van der Waals surface area (Å²) in [5.41, 5.74) is 2.09. The molecule has 1 aromatic carbocycles. The van der Waals surface area contributed by atoms with Gasteiger partial charge in [-0.3, -0.25) is 9.67 Å². The second kappa shape index (κ2) is 9.23. The molecule has 3 rings (SSSR count). The van der Waals surface area contributed by atoms with Crippen LogP contribution < -0.4 is 5.32 Å². The van der Waals surface area contributed by atoms with Crippen LogP contribution >= 0.6 is 0 Å². The van der Waals surface area contributed by atoms with Crippen LogP contribution in [0, 0.1) is 0 Å². The molecule has 1 fully saturated rings. The molecule has 2 aromatic rings. The zero-order valence-electron chi connectivity index (χ0n) is 16.6. The van der Waals surface area contributed by atoms with Gasteiger partial charge in [-0.1, -0.05) is 30.3 Å². The molecular weight excluding hydrogens is 374 g/mol. The summed E-state index contributed by atoms with van der Waals surface area (Å²) in [6.45, 7) is 2.43. The Morgan fingerprint density at radius 2 is 2.11 bits per heavy atom. The third-order valence-corrected chi connectivity index (χ3v) is 6.72. The molecule has 8 heteroatoms. The number of hydrogen-bond donors (Lipinski definition) is 1. The largest absolute Gasteiger partial charge is 0.356 e. The Balaban J connectivity index is 1.43. The number of sulfone groups is 1. The Kier molecular flexibility index (Phi) is 6.72. The predicted octanol–water partition coefficient (Wildman–Crippen LogP) is 1.79. The van der Waals surface area contributed by atoms with Crippen molar-refractivity contribution in [2.24, 2.45) is 12.0 Å². The van der Waals surface area contributed by atoms with Crippen LogP contribution in [0.4, 0.5) is 0 Å². The molecule has 0 saturated carbocycles. The lowest BCUT2D eigenvalue weighted by molar-refractivity contribution is 0.485. The summed E-state index contributed by atoms with van der Waals surface area (Å²) < 4.78 is 26.4. The fourth-order valence-electron chi connectivity index (χ4n) is 3.60. The second-order valence-electron chi connectivity index (χ2n) is 7.28. The summed E-state index contributed by atoms with van der Waals surface area (Å²) >= 11 is 0. The standard InChI is InChI=1S/C20H29N5O2S/c1-21-20(25-11-9-18(15-25)19-13-23-24(2)14-19)22-10-6-12-28(26,27)16-17-7-4-3-5-8-17/h3-5,7-8,13-14,18H,6,9-12,15-16H2,1-2H3,(H,21,22). The molecule has 1 aromatic heterocycles. The van der Waals surface area contributed by atoms with Crippen molar-refractivity contribution >= 4 is 15.8 Å². The quantitative estimate of drug-likeness (QED) is 0.433. The molecule has 0 aliphatic carbocycles. The Morgan fingerprint density at radius 3 is 2.79 bits per heavy atom. The van der Waals surface area contributed by atoms with Gasteiger partial charge in [-0.15, -0.1) is 0 Å². The van der Waals surface area contributed by atoms with Crippen LogP contribution in [-0.2, 0) is 22.6 Å². The van der Waals surface area contributed by atoms with E-state index in [2.05, 4.69) is 26.5 Å². The van der Waals surface area contributed by atoms with Crippen molar-refractivity contribution in [2.75, 3.05) is 32.4 Å². The highest BCUT2D eigenvalue weighted by atomic mass is 32.2. The molecule has 0 spiro atoms. The summed E-state index contributed by atoms with van der Waals surface area (Å²) in [4.78, 5) is 6.60. The Labute approximate surface area is 167 Å². The van der Waals surface area contributed by atoms with E-state index in [0.717, 1.165) is 31.0 Å². The molecule has 1 aliphatic heterocycles. The number of rotatable bonds is 7. The highest BCUT2D eigenvalue weighted by molar-refractivity contribution is 7.90. The molecule has 152 valence electrons. The van der Waals surface area contributed by atoms with Crippen LogP contribution in [0.5, 0.6) is 0 Å². The number of benzene rings is 1. The van der Waals surface area contributed by atoms with E-state index in [1.54, 1.807) is 7.05 Å². The van der Waals surface area contributed by atoms with E-state index in [-0.39, 0.29) is 11.5 Å². The average molecular weight is 404 g/mol. The van der Waals surface area contributed by atoms with Crippen molar-refractivity contribution in [2.45, 2.75) is 24.5 Å². The predicted molar refractivity (Wildman–Crippen MR) is 112 cm³/mol. The topological polar surface area (TPSA) is 79.6 Å². The second-order valence-corrected chi connectivity index (χ2v) is 9.47. The van der Waals surface area contributed by atoms with Gasteiger partial charge in [0.2, 0.25) is 0 Å². The normalized spacial score (nSPS) is 17.9. The van der Waals surface area contributed by atoms with E-state index in [1.165, 1.54) is 5.56 Å². The maximum absolute atomic E-state index is 12.3. The summed E-state index contributed by atoms with van der Waals surface area (Å²) in [5.74, 6) is 1.57. The van der Waals surface area contributed by atoms with Crippen LogP contribution in [0.15, 0.2) is 47.7 Å². The molecule has 2 heterocycles. The first-order chi connectivity index (χ1) is 13.5. The maximum Gasteiger partial charge on any atom is 0.193 e. The molecule has 28 heavy (non-hydrogen) atoms. The average Bonchev–Trinajstić information content (AvgIpc) is 3.31. The van der Waals surface area contributed by atoms with E-state index >= 15 is 0 Å². The summed E-state index contributed by atoms with van der Waals surface area (Å²) in [7, 11) is 0.599. The van der Waals surface area contributed by atoms with Crippen LogP contribution in [-0.4, -0.2) is 61.5 Å². The van der Waals surface area contributed by atoms with Gasteiger partial charge < -0.3 is 10.2 Å². The van der Waals surface area contributed by atoms with Gasteiger partial charge in [-0.05, 0) is 24.0 Å². The van der Waals surface area contributed by atoms with Gasteiger partial charge in [0.25, 0.3) is 0 Å². The zero-order valence-corrected chi connectivity index (χ0v) is 17.4. The zero-order chi connectivity index (χ0) is 20.0. The minimum Gasteiger partial charge on any atom is -0.356 e. The van der Waals surface area contributed by atoms with E-state index in [9.17, 15) is 8.42 Å². The number of nitrogens with zero attached hydrogens (tertiary/aromatic N) is 4. The molecular formula is C20H29N5O2S. The Hall–Kier alpha value is -2.35. The van der Waals surface area contributed by atoms with Gasteiger partial charge in [-0.2, -0.15) is 5.10 Å². The number of guanidine groups is 1. The van der Waals surface area contributed by atoms with Crippen LogP contribution in [0.3, 0.4) is 0 Å². The lowest BCUT2D eigenvalue weighted by atomic mass is 10.0. The van der Waals surface area contributed by atoms with Crippen LogP contribution in [0.1, 0.15) is 29.9 Å². The fraction of sp³-hybridized carbons (Fsp3) is 0.500. The molecule has 1 N–H and O–H groups in total. The molecule has 1 atom stereocenters. The minimum atomic E-state index is -3.10. The van der Waals surface area contributed by atoms with E-state index in [0.29, 0.717) is 18.9 Å². The smallest absolute Gasteiger partial charge is 0.193 e. The number of hydrogen-bond acceptors (Lipinski definition) is 4. The number of likely N-dealkylation sites (tertiary alicyclic amines) is 1. The van der Waals surface area contributed by atoms with E-state index in [4.69, 9.17) is 0 Å². The van der Waals surface area contributed by atoms with E-state index in [1.807, 2.05) is 48.3 Å². The van der Waals surface area contributed by atoms with Crippen molar-refractivity contribution in [1.29, 1.82) is 0 Å². The number of aryl methyl sites for hydroxylation is 1. The highest BCUT2D eigenvalue weighted by Gasteiger charge is 2.26. The van der Waals surface area contributed by atoms with Crippen LogP contribution in [0.25, 0.3) is 0 Å². The summed E-state index contributed by atoms with van der Waals surface area (Å²) in [5, 5.41) is 7.58. The molecule has 0 amide bonds. The highest BCUT2D eigenvalue weighted by Crippen LogP contribution is 2.26. The Bertz CT molecular complexity index is 892. The molecule has 0 radical (unpaired) electrons. The van der Waals surface area contributed by atoms with E-state index < -0.39 is 9.84 Å². The molecule has 0 bridgehead atoms. The van der Waals surface area contributed by atoms with Crippen molar-refractivity contribution < 1.29 is 8.42 Å². The lowest BCUT2D eigenvalue weighted by Gasteiger charge is -2.21. The third-order valence-electron chi connectivity index (χ3n) is 5.04. The summed E-state index contributed by atoms with van der Waals surface area (Å²) in [6, 6.07) is 9.33. The van der Waals surface area contributed by atoms with Gasteiger partial charge >= 0.3 is 0 Å². The Morgan fingerprint density at radius 1 is 1.32 bits per heavy atom. The summed E-state index contributed by atoms with van der Waals surface area (Å²) in [6.07, 6.45) is 5.63. The van der Waals surface area contributed by atoms with Crippen molar-refractivity contribution in [1.82, 2.24) is 20.0 Å². The monoisotopic (exact) mass is 403 g/mol. The molecule has 1 unspecified atom stereocenters. The van der Waals surface area contributed by atoms with Crippen molar-refractivity contribution in [3.05, 3.63) is 53.9 Å². The molecule has 1 saturated heterocycles. The molecule has 1 aliphatic rings.